The maximum Gasteiger partial charge on any atom is 0.408 e. The molecule has 30 heavy (non-hydrogen) atoms. The van der Waals surface area contributed by atoms with Gasteiger partial charge in [-0.05, 0) is 41.9 Å². The number of halogens is 4. The van der Waals surface area contributed by atoms with E-state index in [-0.39, 0.29) is 17.8 Å². The number of nitrogens with zero attached hydrogens (tertiary/aromatic N) is 5. The third-order valence-electron chi connectivity index (χ3n) is 5.66. The van der Waals surface area contributed by atoms with Crippen LogP contribution >= 0.6 is 11.6 Å². The van der Waals surface area contributed by atoms with Gasteiger partial charge in [0.05, 0.1) is 11.2 Å². The Morgan fingerprint density at radius 2 is 1.97 bits per heavy atom. The van der Waals surface area contributed by atoms with Crippen molar-refractivity contribution < 1.29 is 13.2 Å². The van der Waals surface area contributed by atoms with Crippen molar-refractivity contribution in [1.82, 2.24) is 24.4 Å². The van der Waals surface area contributed by atoms with E-state index in [1.807, 2.05) is 38.1 Å². The zero-order valence-electron chi connectivity index (χ0n) is 16.4. The van der Waals surface area contributed by atoms with E-state index in [1.165, 1.54) is 0 Å². The van der Waals surface area contributed by atoms with Crippen molar-refractivity contribution in [3.8, 4) is 0 Å². The molecule has 0 spiro atoms. The predicted molar refractivity (Wildman–Crippen MR) is 108 cm³/mol. The van der Waals surface area contributed by atoms with Gasteiger partial charge in [0.25, 0.3) is 0 Å². The zero-order valence-corrected chi connectivity index (χ0v) is 17.1. The highest BCUT2D eigenvalue weighted by atomic mass is 35.5. The van der Waals surface area contributed by atoms with E-state index in [1.54, 1.807) is 16.9 Å². The SMILES string of the molecule is CC(C)c1nn(CC(F)(F)F)c2cc([C@H]3C[C@@H]3c3cc(Cl)nn4ccnc34)ccc12. The molecule has 0 amide bonds. The van der Waals surface area contributed by atoms with Crippen LogP contribution in [0.15, 0.2) is 36.7 Å². The lowest BCUT2D eigenvalue weighted by atomic mass is 10.0. The van der Waals surface area contributed by atoms with Crippen LogP contribution in [0, 0.1) is 0 Å². The molecule has 0 radical (unpaired) electrons. The third-order valence-corrected chi connectivity index (χ3v) is 5.84. The van der Waals surface area contributed by atoms with Crippen LogP contribution in [0.2, 0.25) is 5.15 Å². The Kier molecular flexibility index (Phi) is 4.32. The number of benzene rings is 1. The first-order chi connectivity index (χ1) is 14.2. The number of fused-ring (bicyclic) bond motifs is 2. The van der Waals surface area contributed by atoms with Crippen LogP contribution in [0.1, 0.15) is 54.8 Å². The summed E-state index contributed by atoms with van der Waals surface area (Å²) in [4.78, 5) is 4.38. The fourth-order valence-corrected chi connectivity index (χ4v) is 4.45. The van der Waals surface area contributed by atoms with E-state index in [4.69, 9.17) is 11.6 Å². The van der Waals surface area contributed by atoms with Gasteiger partial charge in [0.2, 0.25) is 0 Å². The molecule has 3 aromatic heterocycles. The minimum Gasteiger partial charge on any atom is -0.255 e. The highest BCUT2D eigenvalue weighted by Gasteiger charge is 2.41. The summed E-state index contributed by atoms with van der Waals surface area (Å²) < 4.78 is 42.0. The van der Waals surface area contributed by atoms with Gasteiger partial charge in [-0.2, -0.15) is 23.4 Å². The summed E-state index contributed by atoms with van der Waals surface area (Å²) in [5.41, 5.74) is 3.99. The van der Waals surface area contributed by atoms with Crippen molar-refractivity contribution in [2.75, 3.05) is 0 Å². The van der Waals surface area contributed by atoms with Gasteiger partial charge < -0.3 is 0 Å². The zero-order chi connectivity index (χ0) is 21.2. The lowest BCUT2D eigenvalue weighted by molar-refractivity contribution is -0.141. The minimum atomic E-state index is -4.33. The molecule has 1 saturated carbocycles. The topological polar surface area (TPSA) is 48.0 Å². The normalized spacial score (nSPS) is 19.3. The fraction of sp³-hybridized carbons (Fsp3) is 0.381. The lowest BCUT2D eigenvalue weighted by Gasteiger charge is -2.08. The van der Waals surface area contributed by atoms with Gasteiger partial charge in [0.15, 0.2) is 5.65 Å². The molecule has 4 aromatic rings. The van der Waals surface area contributed by atoms with E-state index in [2.05, 4.69) is 15.2 Å². The average molecular weight is 434 g/mol. The van der Waals surface area contributed by atoms with Crippen LogP contribution in [0.25, 0.3) is 16.6 Å². The molecule has 0 N–H and O–H groups in total. The summed E-state index contributed by atoms with van der Waals surface area (Å²) in [7, 11) is 0. The molecule has 1 aliphatic carbocycles. The Hall–Kier alpha value is -2.61. The van der Waals surface area contributed by atoms with Crippen LogP contribution < -0.4 is 0 Å². The molecule has 3 heterocycles. The highest BCUT2D eigenvalue weighted by molar-refractivity contribution is 6.29. The first-order valence-corrected chi connectivity index (χ1v) is 10.2. The van der Waals surface area contributed by atoms with Crippen molar-refractivity contribution in [2.45, 2.75) is 50.7 Å². The van der Waals surface area contributed by atoms with Crippen molar-refractivity contribution in [3.63, 3.8) is 0 Å². The molecule has 0 saturated heterocycles. The smallest absolute Gasteiger partial charge is 0.255 e. The van der Waals surface area contributed by atoms with Crippen LogP contribution in [0.5, 0.6) is 0 Å². The standard InChI is InChI=1S/C21H19ClF3N5/c1-11(2)19-13-4-3-12(7-17(13)30(28-19)10-21(23,24)25)14-8-15(14)16-9-18(22)27-29-6-5-26-20(16)29/h3-7,9,11,14-15H,8,10H2,1-2H3/t14-,15+/m1/s1. The van der Waals surface area contributed by atoms with Gasteiger partial charge in [-0.3, -0.25) is 4.68 Å². The number of aromatic nitrogens is 5. The van der Waals surface area contributed by atoms with Crippen LogP contribution in [-0.4, -0.2) is 30.6 Å². The van der Waals surface area contributed by atoms with Crippen molar-refractivity contribution in [3.05, 3.63) is 58.6 Å². The van der Waals surface area contributed by atoms with E-state index < -0.39 is 12.7 Å². The summed E-state index contributed by atoms with van der Waals surface area (Å²) in [5, 5.41) is 9.65. The molecule has 5 rings (SSSR count). The summed E-state index contributed by atoms with van der Waals surface area (Å²) >= 11 is 6.16. The fourth-order valence-electron chi connectivity index (χ4n) is 4.25. The van der Waals surface area contributed by atoms with Crippen LogP contribution in [0.3, 0.4) is 0 Å². The Balaban J connectivity index is 1.54. The van der Waals surface area contributed by atoms with Gasteiger partial charge >= 0.3 is 6.18 Å². The molecule has 1 aliphatic rings. The van der Waals surface area contributed by atoms with Crippen LogP contribution in [-0.2, 0) is 6.54 Å². The Morgan fingerprint density at radius 1 is 1.17 bits per heavy atom. The van der Waals surface area contributed by atoms with Crippen molar-refractivity contribution in [2.24, 2.45) is 0 Å². The molecular formula is C21H19ClF3N5. The highest BCUT2D eigenvalue weighted by Crippen LogP contribution is 2.56. The summed E-state index contributed by atoms with van der Waals surface area (Å²) in [5.74, 6) is 0.440. The monoisotopic (exact) mass is 433 g/mol. The molecule has 0 unspecified atom stereocenters. The summed E-state index contributed by atoms with van der Waals surface area (Å²) in [6, 6.07) is 7.60. The lowest BCUT2D eigenvalue weighted by Crippen LogP contribution is -2.18. The van der Waals surface area contributed by atoms with Crippen molar-refractivity contribution >= 4 is 28.2 Å². The van der Waals surface area contributed by atoms with Gasteiger partial charge in [0.1, 0.15) is 11.7 Å². The van der Waals surface area contributed by atoms with Crippen LogP contribution in [0.4, 0.5) is 13.2 Å². The molecule has 1 fully saturated rings. The van der Waals surface area contributed by atoms with Gasteiger partial charge in [-0.1, -0.05) is 37.6 Å². The summed E-state index contributed by atoms with van der Waals surface area (Å²) in [6.07, 6.45) is -0.0176. The molecule has 0 aliphatic heterocycles. The Labute approximate surface area is 175 Å². The maximum absolute atomic E-state index is 13.1. The number of hydrogen-bond donors (Lipinski definition) is 0. The van der Waals surface area contributed by atoms with E-state index in [0.717, 1.165) is 33.3 Å². The largest absolute Gasteiger partial charge is 0.408 e. The Morgan fingerprint density at radius 3 is 2.70 bits per heavy atom. The van der Waals surface area contributed by atoms with Gasteiger partial charge in [0, 0.05) is 23.3 Å². The maximum atomic E-state index is 13.1. The van der Waals surface area contributed by atoms with E-state index in [9.17, 15) is 13.2 Å². The molecule has 0 bridgehead atoms. The first-order valence-electron chi connectivity index (χ1n) is 9.78. The third kappa shape index (κ3) is 3.33. The molecule has 1 aromatic carbocycles. The Bertz CT molecular complexity index is 1260. The molecular weight excluding hydrogens is 415 g/mol. The molecule has 5 nitrogen and oxygen atoms in total. The van der Waals surface area contributed by atoms with Gasteiger partial charge in [-0.25, -0.2) is 9.50 Å². The van der Waals surface area contributed by atoms with Crippen molar-refractivity contribution in [1.29, 1.82) is 0 Å². The second-order valence-corrected chi connectivity index (χ2v) is 8.54. The molecule has 156 valence electrons. The predicted octanol–water partition coefficient (Wildman–Crippen LogP) is 5.69. The first kappa shape index (κ1) is 19.4. The second-order valence-electron chi connectivity index (χ2n) is 8.16. The van der Waals surface area contributed by atoms with Gasteiger partial charge in [-0.15, -0.1) is 0 Å². The number of imidazole rings is 1. The number of hydrogen-bond acceptors (Lipinski definition) is 3. The molecule has 9 heteroatoms. The number of rotatable bonds is 4. The van der Waals surface area contributed by atoms with E-state index >= 15 is 0 Å². The quantitative estimate of drug-likeness (QED) is 0.415. The van der Waals surface area contributed by atoms with E-state index in [0.29, 0.717) is 16.4 Å². The second kappa shape index (κ2) is 6.70. The minimum absolute atomic E-state index is 0.0363. The number of alkyl halides is 3. The summed E-state index contributed by atoms with van der Waals surface area (Å²) in [6.45, 7) is 2.78. The molecule has 2 atom stereocenters. The average Bonchev–Trinajstić information content (AvgIpc) is 3.18.